The first-order chi connectivity index (χ1) is 14.9. The van der Waals surface area contributed by atoms with Gasteiger partial charge in [-0.3, -0.25) is 14.9 Å². The highest BCUT2D eigenvalue weighted by Crippen LogP contribution is 2.34. The normalized spacial score (nSPS) is 10.9. The fourth-order valence-electron chi connectivity index (χ4n) is 3.51. The largest absolute Gasteiger partial charge is 0.496 e. The standard InChI is InChI=1S/C22H17FN4O4/c1-31-21-11-17(23)16(12-6-7-18(24)20(10-12)27(29)30)8-13(21)9-19-14-4-2-3-5-15(14)22(28)26-25-19/h2-8,10-11H,9,24H2,1H3,(H,26,28). The Kier molecular flexibility index (Phi) is 5.08. The van der Waals surface area contributed by atoms with Gasteiger partial charge in [0.1, 0.15) is 17.3 Å². The molecule has 0 spiro atoms. The van der Waals surface area contributed by atoms with Crippen molar-refractivity contribution in [1.29, 1.82) is 0 Å². The number of nitrogens with two attached hydrogens (primary N) is 1. The van der Waals surface area contributed by atoms with E-state index >= 15 is 0 Å². The molecule has 4 aromatic rings. The Hall–Kier alpha value is -4.27. The number of rotatable bonds is 5. The first kappa shape index (κ1) is 20.0. The predicted molar refractivity (Wildman–Crippen MR) is 115 cm³/mol. The number of ether oxygens (including phenoxy) is 1. The maximum Gasteiger partial charge on any atom is 0.292 e. The van der Waals surface area contributed by atoms with E-state index in [4.69, 9.17) is 10.5 Å². The Morgan fingerprint density at radius 1 is 1.16 bits per heavy atom. The smallest absolute Gasteiger partial charge is 0.292 e. The molecular weight excluding hydrogens is 403 g/mol. The number of halogens is 1. The molecule has 31 heavy (non-hydrogen) atoms. The zero-order valence-corrected chi connectivity index (χ0v) is 16.4. The van der Waals surface area contributed by atoms with E-state index in [1.807, 2.05) is 0 Å². The summed E-state index contributed by atoms with van der Waals surface area (Å²) in [5.74, 6) is -0.303. The number of fused-ring (bicyclic) bond motifs is 1. The lowest BCUT2D eigenvalue weighted by molar-refractivity contribution is -0.383. The van der Waals surface area contributed by atoms with E-state index in [0.29, 0.717) is 33.3 Å². The van der Waals surface area contributed by atoms with Gasteiger partial charge in [-0.1, -0.05) is 24.3 Å². The Labute approximate surface area is 175 Å². The quantitative estimate of drug-likeness (QED) is 0.287. The van der Waals surface area contributed by atoms with Crippen molar-refractivity contribution >= 4 is 22.1 Å². The van der Waals surface area contributed by atoms with Crippen LogP contribution >= 0.6 is 0 Å². The molecule has 0 amide bonds. The minimum absolute atomic E-state index is 0.00759. The molecule has 1 heterocycles. The van der Waals surface area contributed by atoms with Crippen LogP contribution in [0.15, 0.2) is 59.4 Å². The molecule has 0 saturated heterocycles. The first-order valence-electron chi connectivity index (χ1n) is 9.26. The van der Waals surface area contributed by atoms with Gasteiger partial charge in [-0.05, 0) is 23.8 Å². The monoisotopic (exact) mass is 420 g/mol. The number of hydrogen-bond acceptors (Lipinski definition) is 6. The number of methoxy groups -OCH3 is 1. The van der Waals surface area contributed by atoms with Crippen LogP contribution in [0.4, 0.5) is 15.8 Å². The number of nitro groups is 1. The summed E-state index contributed by atoms with van der Waals surface area (Å²) in [6.45, 7) is 0. The third-order valence-corrected chi connectivity index (χ3v) is 5.04. The summed E-state index contributed by atoms with van der Waals surface area (Å²) in [6, 6.07) is 13.9. The summed E-state index contributed by atoms with van der Waals surface area (Å²) in [7, 11) is 1.42. The highest BCUT2D eigenvalue weighted by Gasteiger charge is 2.18. The van der Waals surface area contributed by atoms with Gasteiger partial charge >= 0.3 is 0 Å². The van der Waals surface area contributed by atoms with Crippen LogP contribution in [0.5, 0.6) is 5.75 Å². The number of aromatic amines is 1. The molecule has 1 aromatic heterocycles. The lowest BCUT2D eigenvalue weighted by atomic mass is 9.97. The van der Waals surface area contributed by atoms with Crippen molar-refractivity contribution in [1.82, 2.24) is 10.2 Å². The van der Waals surface area contributed by atoms with Gasteiger partial charge < -0.3 is 10.5 Å². The zero-order chi connectivity index (χ0) is 22.1. The van der Waals surface area contributed by atoms with Crippen LogP contribution in [-0.4, -0.2) is 22.2 Å². The van der Waals surface area contributed by atoms with Crippen molar-refractivity contribution in [3.05, 3.63) is 92.1 Å². The SMILES string of the molecule is COc1cc(F)c(-c2ccc(N)c([N+](=O)[O-])c2)cc1Cc1n[nH]c(=O)c2ccccc12. The lowest BCUT2D eigenvalue weighted by Crippen LogP contribution is -2.11. The second kappa shape index (κ2) is 7.86. The predicted octanol–water partition coefficient (Wildman–Crippen LogP) is 3.82. The number of nitrogens with zero attached hydrogens (tertiary/aromatic N) is 2. The number of benzene rings is 3. The average Bonchev–Trinajstić information content (AvgIpc) is 2.77. The summed E-state index contributed by atoms with van der Waals surface area (Å²) < 4.78 is 20.2. The second-order valence-corrected chi connectivity index (χ2v) is 6.90. The molecule has 0 fully saturated rings. The van der Waals surface area contributed by atoms with Crippen molar-refractivity contribution in [2.24, 2.45) is 0 Å². The molecule has 3 aromatic carbocycles. The van der Waals surface area contributed by atoms with Crippen LogP contribution in [0.1, 0.15) is 11.3 Å². The van der Waals surface area contributed by atoms with Crippen LogP contribution < -0.4 is 16.0 Å². The fourth-order valence-corrected chi connectivity index (χ4v) is 3.51. The molecule has 4 rings (SSSR count). The Morgan fingerprint density at radius 2 is 1.90 bits per heavy atom. The number of aromatic nitrogens is 2. The molecule has 0 unspecified atom stereocenters. The number of hydrogen-bond donors (Lipinski definition) is 2. The van der Waals surface area contributed by atoms with Crippen LogP contribution in [0.3, 0.4) is 0 Å². The number of anilines is 1. The van der Waals surface area contributed by atoms with Crippen molar-refractivity contribution in [3.8, 4) is 16.9 Å². The van der Waals surface area contributed by atoms with Gasteiger partial charge in [0.15, 0.2) is 0 Å². The van der Waals surface area contributed by atoms with Crippen molar-refractivity contribution < 1.29 is 14.1 Å². The van der Waals surface area contributed by atoms with E-state index in [1.54, 1.807) is 30.3 Å². The molecule has 9 heteroatoms. The average molecular weight is 420 g/mol. The number of nitrogen functional groups attached to an aromatic ring is 1. The van der Waals surface area contributed by atoms with Gasteiger partial charge in [-0.15, -0.1) is 0 Å². The molecule has 8 nitrogen and oxygen atoms in total. The maximum absolute atomic E-state index is 14.8. The molecule has 0 aliphatic rings. The molecule has 0 saturated carbocycles. The van der Waals surface area contributed by atoms with E-state index < -0.39 is 10.7 Å². The number of nitrogens with one attached hydrogen (secondary N) is 1. The van der Waals surface area contributed by atoms with E-state index in [0.717, 1.165) is 0 Å². The van der Waals surface area contributed by atoms with E-state index in [1.165, 1.54) is 31.4 Å². The van der Waals surface area contributed by atoms with Crippen LogP contribution in [0, 0.1) is 15.9 Å². The van der Waals surface area contributed by atoms with Gasteiger partial charge in [-0.25, -0.2) is 9.49 Å². The van der Waals surface area contributed by atoms with Crippen LogP contribution in [0.2, 0.25) is 0 Å². The third-order valence-electron chi connectivity index (χ3n) is 5.04. The van der Waals surface area contributed by atoms with Crippen LogP contribution in [-0.2, 0) is 6.42 Å². The van der Waals surface area contributed by atoms with E-state index in [-0.39, 0.29) is 28.9 Å². The second-order valence-electron chi connectivity index (χ2n) is 6.90. The third kappa shape index (κ3) is 3.68. The van der Waals surface area contributed by atoms with Crippen molar-refractivity contribution in [2.45, 2.75) is 6.42 Å². The van der Waals surface area contributed by atoms with Gasteiger partial charge in [0.05, 0.1) is 23.1 Å². The van der Waals surface area contributed by atoms with Crippen molar-refractivity contribution in [2.75, 3.05) is 12.8 Å². The van der Waals surface area contributed by atoms with E-state index in [9.17, 15) is 19.3 Å². The summed E-state index contributed by atoms with van der Waals surface area (Å²) in [5, 5.41) is 19.0. The molecule has 0 bridgehead atoms. The molecule has 0 atom stereocenters. The molecule has 3 N–H and O–H groups in total. The highest BCUT2D eigenvalue weighted by atomic mass is 19.1. The maximum atomic E-state index is 14.8. The summed E-state index contributed by atoms with van der Waals surface area (Å²) >= 11 is 0. The first-order valence-corrected chi connectivity index (χ1v) is 9.26. The van der Waals surface area contributed by atoms with Gasteiger partial charge in [-0.2, -0.15) is 5.10 Å². The topological polar surface area (TPSA) is 124 Å². The molecule has 0 radical (unpaired) electrons. The number of nitro benzene ring substituents is 1. The van der Waals surface area contributed by atoms with Gasteiger partial charge in [0, 0.05) is 35.1 Å². The molecular formula is C22H17FN4O4. The lowest BCUT2D eigenvalue weighted by Gasteiger charge is -2.13. The fraction of sp³-hybridized carbons (Fsp3) is 0.0909. The Bertz CT molecular complexity index is 1380. The molecule has 156 valence electrons. The Morgan fingerprint density at radius 3 is 2.61 bits per heavy atom. The van der Waals surface area contributed by atoms with Gasteiger partial charge in [0.2, 0.25) is 0 Å². The summed E-state index contributed by atoms with van der Waals surface area (Å²) in [5.41, 5.74) is 6.69. The zero-order valence-electron chi connectivity index (χ0n) is 16.4. The summed E-state index contributed by atoms with van der Waals surface area (Å²) in [6.07, 6.45) is 0.241. The minimum atomic E-state index is -0.614. The minimum Gasteiger partial charge on any atom is -0.496 e. The highest BCUT2D eigenvalue weighted by molar-refractivity contribution is 5.84. The number of H-pyrrole nitrogens is 1. The molecule has 0 aliphatic carbocycles. The van der Waals surface area contributed by atoms with Gasteiger partial charge in [0.25, 0.3) is 11.2 Å². The molecule has 0 aliphatic heterocycles. The van der Waals surface area contributed by atoms with E-state index in [2.05, 4.69) is 10.2 Å². The van der Waals surface area contributed by atoms with Crippen LogP contribution in [0.25, 0.3) is 21.9 Å². The summed E-state index contributed by atoms with van der Waals surface area (Å²) in [4.78, 5) is 22.7. The Balaban J connectivity index is 1.85. The van der Waals surface area contributed by atoms with Crippen molar-refractivity contribution in [3.63, 3.8) is 0 Å².